The number of ether oxygens (including phenoxy) is 1. The van der Waals surface area contributed by atoms with Crippen molar-refractivity contribution in [2.75, 3.05) is 25.5 Å². The lowest BCUT2D eigenvalue weighted by atomic mass is 9.95. The molecule has 9 nitrogen and oxygen atoms in total. The third-order valence-electron chi connectivity index (χ3n) is 6.55. The molecule has 0 bridgehead atoms. The van der Waals surface area contributed by atoms with Crippen molar-refractivity contribution in [3.63, 3.8) is 0 Å². The topological polar surface area (TPSA) is 102 Å². The number of methoxy groups -OCH3 is 1. The highest BCUT2D eigenvalue weighted by Crippen LogP contribution is 2.29. The number of carbonyl (C=O) groups excluding carboxylic acids is 2. The SMILES string of the molecule is COc1cccc(-c2nn(Cc3ccccc3)cc2C(=O)N2CCC(C(=O)Nc3cc(C)on3)CC2)c1. The number of anilines is 1. The molecule has 1 saturated heterocycles. The first kappa shape index (κ1) is 24.3. The van der Waals surface area contributed by atoms with E-state index in [-0.39, 0.29) is 17.7 Å². The monoisotopic (exact) mass is 499 g/mol. The summed E-state index contributed by atoms with van der Waals surface area (Å²) in [6.07, 6.45) is 2.96. The normalized spacial score (nSPS) is 13.9. The van der Waals surface area contributed by atoms with Crippen molar-refractivity contribution >= 4 is 17.6 Å². The minimum Gasteiger partial charge on any atom is -0.497 e. The van der Waals surface area contributed by atoms with Gasteiger partial charge in [0.2, 0.25) is 5.91 Å². The van der Waals surface area contributed by atoms with E-state index in [9.17, 15) is 9.59 Å². The second-order valence-electron chi connectivity index (χ2n) is 9.19. The average molecular weight is 500 g/mol. The summed E-state index contributed by atoms with van der Waals surface area (Å²) in [6, 6.07) is 19.3. The molecule has 0 spiro atoms. The number of aryl methyl sites for hydroxylation is 1. The van der Waals surface area contributed by atoms with Gasteiger partial charge in [-0.2, -0.15) is 5.10 Å². The van der Waals surface area contributed by atoms with Crippen LogP contribution in [0.4, 0.5) is 5.82 Å². The van der Waals surface area contributed by atoms with Crippen LogP contribution in [0.2, 0.25) is 0 Å². The van der Waals surface area contributed by atoms with Crippen molar-refractivity contribution in [1.82, 2.24) is 19.8 Å². The second kappa shape index (κ2) is 10.7. The Morgan fingerprint density at radius 2 is 1.86 bits per heavy atom. The Morgan fingerprint density at radius 3 is 2.57 bits per heavy atom. The van der Waals surface area contributed by atoms with Crippen LogP contribution >= 0.6 is 0 Å². The first-order valence-corrected chi connectivity index (χ1v) is 12.3. The molecule has 0 atom stereocenters. The third-order valence-corrected chi connectivity index (χ3v) is 6.55. The molecule has 9 heteroatoms. The van der Waals surface area contributed by atoms with Gasteiger partial charge in [-0.15, -0.1) is 0 Å². The van der Waals surface area contributed by atoms with Gasteiger partial charge in [0.15, 0.2) is 5.82 Å². The van der Waals surface area contributed by atoms with E-state index in [2.05, 4.69) is 10.5 Å². The second-order valence-corrected chi connectivity index (χ2v) is 9.19. The molecule has 190 valence electrons. The first-order valence-electron chi connectivity index (χ1n) is 12.3. The Morgan fingerprint density at radius 1 is 1.08 bits per heavy atom. The van der Waals surface area contributed by atoms with Gasteiger partial charge in [-0.25, -0.2) is 0 Å². The number of likely N-dealkylation sites (tertiary alicyclic amines) is 1. The molecule has 0 aliphatic carbocycles. The van der Waals surface area contributed by atoms with Crippen molar-refractivity contribution in [2.45, 2.75) is 26.3 Å². The maximum Gasteiger partial charge on any atom is 0.257 e. The Hall–Kier alpha value is -4.40. The average Bonchev–Trinajstić information content (AvgIpc) is 3.54. The number of nitrogens with one attached hydrogen (secondary N) is 1. The number of hydrogen-bond acceptors (Lipinski definition) is 6. The molecule has 1 aliphatic rings. The van der Waals surface area contributed by atoms with Gasteiger partial charge in [0, 0.05) is 36.8 Å². The van der Waals surface area contributed by atoms with Crippen molar-refractivity contribution in [2.24, 2.45) is 5.92 Å². The molecule has 0 saturated carbocycles. The van der Waals surface area contributed by atoms with E-state index in [1.54, 1.807) is 29.7 Å². The summed E-state index contributed by atoms with van der Waals surface area (Å²) in [6.45, 7) is 3.29. The quantitative estimate of drug-likeness (QED) is 0.405. The van der Waals surface area contributed by atoms with Gasteiger partial charge in [0.25, 0.3) is 5.91 Å². The van der Waals surface area contributed by atoms with E-state index in [4.69, 9.17) is 14.4 Å². The Labute approximate surface area is 215 Å². The summed E-state index contributed by atoms with van der Waals surface area (Å²) >= 11 is 0. The van der Waals surface area contributed by atoms with Crippen LogP contribution in [-0.4, -0.2) is 51.9 Å². The molecule has 0 unspecified atom stereocenters. The molecule has 1 aliphatic heterocycles. The predicted molar refractivity (Wildman–Crippen MR) is 138 cm³/mol. The standard InChI is InChI=1S/C28H29N5O4/c1-19-15-25(31-37-19)29-27(34)21-11-13-32(14-12-21)28(35)24-18-33(17-20-7-4-3-5-8-20)30-26(24)22-9-6-10-23(16-22)36-2/h3-10,15-16,18,21H,11-14,17H2,1-2H3,(H,29,31,34). The molecule has 4 aromatic rings. The molecule has 1 N–H and O–H groups in total. The Kier molecular flexibility index (Phi) is 7.02. The van der Waals surface area contributed by atoms with Gasteiger partial charge in [0.1, 0.15) is 17.2 Å². The highest BCUT2D eigenvalue weighted by molar-refractivity contribution is 6.00. The first-order chi connectivity index (χ1) is 18.0. The number of aromatic nitrogens is 3. The maximum absolute atomic E-state index is 13.7. The highest BCUT2D eigenvalue weighted by atomic mass is 16.5. The molecular weight excluding hydrogens is 470 g/mol. The Balaban J connectivity index is 1.34. The number of amides is 2. The summed E-state index contributed by atoms with van der Waals surface area (Å²) < 4.78 is 12.2. The fourth-order valence-electron chi connectivity index (χ4n) is 4.58. The lowest BCUT2D eigenvalue weighted by molar-refractivity contribution is -0.121. The van der Waals surface area contributed by atoms with Crippen LogP contribution in [0.25, 0.3) is 11.3 Å². The van der Waals surface area contributed by atoms with Crippen LogP contribution in [0.5, 0.6) is 5.75 Å². The minimum atomic E-state index is -0.195. The number of rotatable bonds is 7. The van der Waals surface area contributed by atoms with Gasteiger partial charge >= 0.3 is 0 Å². The van der Waals surface area contributed by atoms with Gasteiger partial charge < -0.3 is 19.5 Å². The van der Waals surface area contributed by atoms with Crippen molar-refractivity contribution in [1.29, 1.82) is 0 Å². The molecule has 2 aromatic heterocycles. The van der Waals surface area contributed by atoms with Crippen LogP contribution in [-0.2, 0) is 11.3 Å². The molecule has 37 heavy (non-hydrogen) atoms. The van der Waals surface area contributed by atoms with Crippen LogP contribution < -0.4 is 10.1 Å². The van der Waals surface area contributed by atoms with E-state index in [1.807, 2.05) is 60.8 Å². The lowest BCUT2D eigenvalue weighted by Crippen LogP contribution is -2.41. The van der Waals surface area contributed by atoms with Crippen LogP contribution in [0.3, 0.4) is 0 Å². The molecule has 1 fully saturated rings. The zero-order valence-corrected chi connectivity index (χ0v) is 20.9. The minimum absolute atomic E-state index is 0.0943. The molecule has 2 amide bonds. The van der Waals surface area contributed by atoms with E-state index in [0.717, 1.165) is 11.1 Å². The van der Waals surface area contributed by atoms with Crippen molar-refractivity contribution < 1.29 is 18.8 Å². The fraction of sp³-hybridized carbons (Fsp3) is 0.286. The number of hydrogen-bond donors (Lipinski definition) is 1. The van der Waals surface area contributed by atoms with Gasteiger partial charge in [0.05, 0.1) is 19.2 Å². The highest BCUT2D eigenvalue weighted by Gasteiger charge is 2.30. The lowest BCUT2D eigenvalue weighted by Gasteiger charge is -2.31. The number of carbonyl (C=O) groups is 2. The van der Waals surface area contributed by atoms with Crippen LogP contribution in [0.1, 0.15) is 34.5 Å². The molecule has 2 aromatic carbocycles. The number of nitrogens with zero attached hydrogens (tertiary/aromatic N) is 4. The Bertz CT molecular complexity index is 1390. The molecule has 0 radical (unpaired) electrons. The zero-order valence-electron chi connectivity index (χ0n) is 20.9. The van der Waals surface area contributed by atoms with Crippen LogP contribution in [0, 0.1) is 12.8 Å². The molecule has 5 rings (SSSR count). The van der Waals surface area contributed by atoms with E-state index in [1.165, 1.54) is 0 Å². The van der Waals surface area contributed by atoms with Gasteiger partial charge in [-0.1, -0.05) is 47.6 Å². The summed E-state index contributed by atoms with van der Waals surface area (Å²) in [5.41, 5.74) is 3.05. The van der Waals surface area contributed by atoms with Gasteiger partial charge in [-0.3, -0.25) is 14.3 Å². The van der Waals surface area contributed by atoms with E-state index < -0.39 is 0 Å². The molecular formula is C28H29N5O4. The zero-order chi connectivity index (χ0) is 25.8. The smallest absolute Gasteiger partial charge is 0.257 e. The van der Waals surface area contributed by atoms with Crippen LogP contribution in [0.15, 0.2) is 71.4 Å². The predicted octanol–water partition coefficient (Wildman–Crippen LogP) is 4.39. The summed E-state index contributed by atoms with van der Waals surface area (Å²) in [5, 5.41) is 11.4. The third kappa shape index (κ3) is 5.55. The summed E-state index contributed by atoms with van der Waals surface area (Å²) in [5.74, 6) is 1.35. The maximum atomic E-state index is 13.7. The number of piperidine rings is 1. The largest absolute Gasteiger partial charge is 0.497 e. The van der Waals surface area contributed by atoms with Crippen molar-refractivity contribution in [3.05, 3.63) is 83.7 Å². The fourth-order valence-corrected chi connectivity index (χ4v) is 4.58. The van der Waals surface area contributed by atoms with E-state index >= 15 is 0 Å². The summed E-state index contributed by atoms with van der Waals surface area (Å²) in [7, 11) is 1.61. The number of benzene rings is 2. The summed E-state index contributed by atoms with van der Waals surface area (Å²) in [4.78, 5) is 28.2. The van der Waals surface area contributed by atoms with E-state index in [0.29, 0.717) is 61.1 Å². The molecule has 3 heterocycles. The van der Waals surface area contributed by atoms with Crippen molar-refractivity contribution in [3.8, 4) is 17.0 Å². The van der Waals surface area contributed by atoms with Gasteiger partial charge in [-0.05, 0) is 37.5 Å².